The number of amides is 1. The molecule has 2 aromatic rings. The number of ether oxygens (including phenoxy) is 1. The fourth-order valence-electron chi connectivity index (χ4n) is 2.53. The first-order valence-corrected chi connectivity index (χ1v) is 7.64. The maximum atomic E-state index is 13.7. The Hall–Kier alpha value is -2.36. The first kappa shape index (κ1) is 17.0. The van der Waals surface area contributed by atoms with E-state index in [0.29, 0.717) is 11.5 Å². The monoisotopic (exact) mass is 315 g/mol. The molecule has 0 saturated heterocycles. The van der Waals surface area contributed by atoms with Crippen LogP contribution in [0.4, 0.5) is 10.1 Å². The van der Waals surface area contributed by atoms with Crippen LogP contribution in [-0.2, 0) is 11.2 Å². The molecule has 3 nitrogen and oxygen atoms in total. The van der Waals surface area contributed by atoms with Gasteiger partial charge in [0.25, 0.3) is 0 Å². The van der Waals surface area contributed by atoms with E-state index in [9.17, 15) is 9.18 Å². The SMILES string of the molecule is COc1ccc(CC(=O)Nc2c(C)cccc2C(C)C)cc1F. The largest absolute Gasteiger partial charge is 0.494 e. The zero-order valence-electron chi connectivity index (χ0n) is 13.9. The van der Waals surface area contributed by atoms with E-state index in [1.54, 1.807) is 6.07 Å². The second kappa shape index (κ2) is 7.27. The molecule has 0 aliphatic rings. The molecule has 0 bridgehead atoms. The van der Waals surface area contributed by atoms with Crippen molar-refractivity contribution in [2.24, 2.45) is 0 Å². The van der Waals surface area contributed by atoms with Gasteiger partial charge in [-0.2, -0.15) is 0 Å². The molecule has 0 spiro atoms. The number of para-hydroxylation sites is 1. The molecule has 4 heteroatoms. The average molecular weight is 315 g/mol. The van der Waals surface area contributed by atoms with Crippen molar-refractivity contribution < 1.29 is 13.9 Å². The zero-order valence-corrected chi connectivity index (χ0v) is 13.9. The van der Waals surface area contributed by atoms with Crippen LogP contribution in [0.2, 0.25) is 0 Å². The Kier molecular flexibility index (Phi) is 5.37. The third-order valence-corrected chi connectivity index (χ3v) is 3.77. The number of aryl methyl sites for hydroxylation is 1. The minimum Gasteiger partial charge on any atom is -0.494 e. The van der Waals surface area contributed by atoms with Crippen LogP contribution in [-0.4, -0.2) is 13.0 Å². The molecule has 0 heterocycles. The number of halogens is 1. The molecule has 0 radical (unpaired) electrons. The number of rotatable bonds is 5. The number of hydrogen-bond donors (Lipinski definition) is 1. The van der Waals surface area contributed by atoms with Crippen molar-refractivity contribution in [3.8, 4) is 5.75 Å². The second-order valence-corrected chi connectivity index (χ2v) is 5.89. The standard InChI is InChI=1S/C19H22FNO2/c1-12(2)15-7-5-6-13(3)19(15)21-18(22)11-14-8-9-17(23-4)16(20)10-14/h5-10,12H,11H2,1-4H3,(H,21,22). The van der Waals surface area contributed by atoms with E-state index in [1.807, 2.05) is 25.1 Å². The highest BCUT2D eigenvalue weighted by atomic mass is 19.1. The number of anilines is 1. The zero-order chi connectivity index (χ0) is 17.0. The smallest absolute Gasteiger partial charge is 0.228 e. The molecule has 1 amide bonds. The van der Waals surface area contributed by atoms with Gasteiger partial charge < -0.3 is 10.1 Å². The maximum absolute atomic E-state index is 13.7. The number of carbonyl (C=O) groups is 1. The van der Waals surface area contributed by atoms with Crippen molar-refractivity contribution in [1.29, 1.82) is 0 Å². The summed E-state index contributed by atoms with van der Waals surface area (Å²) in [6, 6.07) is 10.5. The molecule has 0 aliphatic carbocycles. The number of nitrogens with one attached hydrogen (secondary N) is 1. The van der Waals surface area contributed by atoms with Crippen molar-refractivity contribution in [1.82, 2.24) is 0 Å². The van der Waals surface area contributed by atoms with Crippen molar-refractivity contribution in [2.75, 3.05) is 12.4 Å². The minimum absolute atomic E-state index is 0.118. The summed E-state index contributed by atoms with van der Waals surface area (Å²) in [7, 11) is 1.41. The Balaban J connectivity index is 2.16. The van der Waals surface area contributed by atoms with E-state index < -0.39 is 5.82 Å². The van der Waals surface area contributed by atoms with Gasteiger partial charge in [-0.3, -0.25) is 4.79 Å². The Bertz CT molecular complexity index is 711. The molecule has 122 valence electrons. The topological polar surface area (TPSA) is 38.3 Å². The van der Waals surface area contributed by atoms with Gasteiger partial charge >= 0.3 is 0 Å². The van der Waals surface area contributed by atoms with Crippen LogP contribution in [0.25, 0.3) is 0 Å². The molecule has 23 heavy (non-hydrogen) atoms. The van der Waals surface area contributed by atoms with Gasteiger partial charge in [-0.15, -0.1) is 0 Å². The predicted molar refractivity (Wildman–Crippen MR) is 90.6 cm³/mol. The third-order valence-electron chi connectivity index (χ3n) is 3.77. The van der Waals surface area contributed by atoms with Crippen LogP contribution in [0.5, 0.6) is 5.75 Å². The van der Waals surface area contributed by atoms with Gasteiger partial charge in [0.2, 0.25) is 5.91 Å². The molecule has 1 N–H and O–H groups in total. The van der Waals surface area contributed by atoms with Crippen LogP contribution < -0.4 is 10.1 Å². The fourth-order valence-corrected chi connectivity index (χ4v) is 2.53. The Morgan fingerprint density at radius 1 is 1.26 bits per heavy atom. The van der Waals surface area contributed by atoms with Crippen molar-refractivity contribution in [3.63, 3.8) is 0 Å². The highest BCUT2D eigenvalue weighted by Gasteiger charge is 2.13. The van der Waals surface area contributed by atoms with Crippen LogP contribution in [0.15, 0.2) is 36.4 Å². The molecule has 2 aromatic carbocycles. The molecule has 0 saturated carbocycles. The summed E-state index contributed by atoms with van der Waals surface area (Å²) in [5, 5.41) is 2.96. The third kappa shape index (κ3) is 4.09. The van der Waals surface area contributed by atoms with Gasteiger partial charge in [0.15, 0.2) is 11.6 Å². The number of methoxy groups -OCH3 is 1. The van der Waals surface area contributed by atoms with Crippen molar-refractivity contribution >= 4 is 11.6 Å². The lowest BCUT2D eigenvalue weighted by atomic mass is 9.98. The molecule has 0 atom stereocenters. The molecule has 0 fully saturated rings. The minimum atomic E-state index is -0.462. The lowest BCUT2D eigenvalue weighted by Gasteiger charge is -2.16. The van der Waals surface area contributed by atoms with Gasteiger partial charge in [-0.05, 0) is 41.7 Å². The van der Waals surface area contributed by atoms with E-state index in [2.05, 4.69) is 19.2 Å². The highest BCUT2D eigenvalue weighted by Crippen LogP contribution is 2.27. The van der Waals surface area contributed by atoms with Crippen LogP contribution in [0.3, 0.4) is 0 Å². The van der Waals surface area contributed by atoms with E-state index in [4.69, 9.17) is 4.74 Å². The first-order valence-electron chi connectivity index (χ1n) is 7.64. The normalized spacial score (nSPS) is 10.7. The summed E-state index contributed by atoms with van der Waals surface area (Å²) in [4.78, 5) is 12.3. The summed E-state index contributed by atoms with van der Waals surface area (Å²) in [5.74, 6) is -0.138. The predicted octanol–water partition coefficient (Wildman–Crippen LogP) is 4.45. The quantitative estimate of drug-likeness (QED) is 0.885. The van der Waals surface area contributed by atoms with Gasteiger partial charge in [-0.25, -0.2) is 4.39 Å². The Morgan fingerprint density at radius 2 is 2.00 bits per heavy atom. The second-order valence-electron chi connectivity index (χ2n) is 5.89. The molecule has 2 rings (SSSR count). The summed E-state index contributed by atoms with van der Waals surface area (Å²) < 4.78 is 18.6. The molecular formula is C19H22FNO2. The first-order chi connectivity index (χ1) is 10.9. The van der Waals surface area contributed by atoms with Gasteiger partial charge in [0.05, 0.1) is 13.5 Å². The van der Waals surface area contributed by atoms with Crippen molar-refractivity contribution in [2.45, 2.75) is 33.1 Å². The summed E-state index contributed by atoms with van der Waals surface area (Å²) in [6.45, 7) is 6.14. The van der Waals surface area contributed by atoms with Gasteiger partial charge in [0, 0.05) is 5.69 Å². The molecular weight excluding hydrogens is 293 g/mol. The number of benzene rings is 2. The van der Waals surface area contributed by atoms with Gasteiger partial charge in [-0.1, -0.05) is 38.1 Å². The summed E-state index contributed by atoms with van der Waals surface area (Å²) >= 11 is 0. The summed E-state index contributed by atoms with van der Waals surface area (Å²) in [5.41, 5.74) is 3.58. The van der Waals surface area contributed by atoms with Crippen LogP contribution in [0.1, 0.15) is 36.5 Å². The summed E-state index contributed by atoms with van der Waals surface area (Å²) in [6.07, 6.45) is 0.118. The molecule has 0 unspecified atom stereocenters. The highest BCUT2D eigenvalue weighted by molar-refractivity contribution is 5.93. The lowest BCUT2D eigenvalue weighted by molar-refractivity contribution is -0.115. The lowest BCUT2D eigenvalue weighted by Crippen LogP contribution is -2.17. The Labute approximate surface area is 136 Å². The van der Waals surface area contributed by atoms with E-state index in [0.717, 1.165) is 16.8 Å². The van der Waals surface area contributed by atoms with Crippen LogP contribution in [0, 0.1) is 12.7 Å². The fraction of sp³-hybridized carbons (Fsp3) is 0.316. The average Bonchev–Trinajstić information content (AvgIpc) is 2.49. The molecule has 0 aromatic heterocycles. The maximum Gasteiger partial charge on any atom is 0.228 e. The van der Waals surface area contributed by atoms with E-state index in [-0.39, 0.29) is 18.1 Å². The van der Waals surface area contributed by atoms with E-state index in [1.165, 1.54) is 19.2 Å². The van der Waals surface area contributed by atoms with Crippen molar-refractivity contribution in [3.05, 3.63) is 58.9 Å². The van der Waals surface area contributed by atoms with Gasteiger partial charge in [0.1, 0.15) is 0 Å². The van der Waals surface area contributed by atoms with Crippen LogP contribution >= 0.6 is 0 Å². The Morgan fingerprint density at radius 3 is 2.61 bits per heavy atom. The van der Waals surface area contributed by atoms with E-state index >= 15 is 0 Å². The molecule has 0 aliphatic heterocycles. The number of carbonyl (C=O) groups excluding carboxylic acids is 1. The number of hydrogen-bond acceptors (Lipinski definition) is 2.